The number of nitrogens with two attached hydrogens (primary N) is 1. The number of carbonyl (C=O) groups is 1. The molecule has 0 spiro atoms. The van der Waals surface area contributed by atoms with Crippen molar-refractivity contribution < 1.29 is 9.90 Å². The van der Waals surface area contributed by atoms with Crippen LogP contribution in [0.15, 0.2) is 35.5 Å². The van der Waals surface area contributed by atoms with Crippen molar-refractivity contribution in [1.82, 2.24) is 0 Å². The van der Waals surface area contributed by atoms with E-state index in [1.807, 2.05) is 32.9 Å². The highest BCUT2D eigenvalue weighted by Crippen LogP contribution is 2.19. The zero-order valence-electron chi connectivity index (χ0n) is 10.3. The van der Waals surface area contributed by atoms with E-state index in [-0.39, 0.29) is 0 Å². The van der Waals surface area contributed by atoms with Gasteiger partial charge in [0.1, 0.15) is 6.04 Å². The number of hydrogen-bond acceptors (Lipinski definition) is 2. The van der Waals surface area contributed by atoms with Gasteiger partial charge in [0.2, 0.25) is 0 Å². The van der Waals surface area contributed by atoms with Crippen molar-refractivity contribution in [2.24, 2.45) is 5.73 Å². The van der Waals surface area contributed by atoms with Gasteiger partial charge < -0.3 is 10.8 Å². The van der Waals surface area contributed by atoms with Gasteiger partial charge in [-0.2, -0.15) is 0 Å². The van der Waals surface area contributed by atoms with Crippen LogP contribution in [-0.2, 0) is 4.79 Å². The summed E-state index contributed by atoms with van der Waals surface area (Å²) >= 11 is 0. The summed E-state index contributed by atoms with van der Waals surface area (Å²) in [5.41, 5.74) is 8.48. The third-order valence-electron chi connectivity index (χ3n) is 2.50. The van der Waals surface area contributed by atoms with Crippen molar-refractivity contribution in [1.29, 1.82) is 0 Å². The Balaban J connectivity index is 4.90. The van der Waals surface area contributed by atoms with Crippen molar-refractivity contribution >= 4 is 5.97 Å². The minimum atomic E-state index is -0.979. The predicted molar refractivity (Wildman–Crippen MR) is 67.2 cm³/mol. The molecule has 0 bridgehead atoms. The molecule has 0 aliphatic carbocycles. The lowest BCUT2D eigenvalue weighted by Crippen LogP contribution is -2.30. The van der Waals surface area contributed by atoms with Gasteiger partial charge in [0.05, 0.1) is 0 Å². The van der Waals surface area contributed by atoms with Crippen LogP contribution in [0, 0.1) is 0 Å². The minimum Gasteiger partial charge on any atom is -0.480 e. The number of rotatable bonds is 6. The third-order valence-corrected chi connectivity index (χ3v) is 2.50. The summed E-state index contributed by atoms with van der Waals surface area (Å²) < 4.78 is 0. The molecule has 1 unspecified atom stereocenters. The number of allylic oxidation sites excluding steroid dienone is 4. The van der Waals surface area contributed by atoms with Crippen LogP contribution in [-0.4, -0.2) is 17.1 Å². The lowest BCUT2D eigenvalue weighted by molar-refractivity contribution is -0.138. The van der Waals surface area contributed by atoms with Crippen molar-refractivity contribution in [3.63, 3.8) is 0 Å². The van der Waals surface area contributed by atoms with Crippen LogP contribution >= 0.6 is 0 Å². The molecule has 0 aliphatic rings. The van der Waals surface area contributed by atoms with E-state index in [1.54, 1.807) is 0 Å². The summed E-state index contributed by atoms with van der Waals surface area (Å²) in [7, 11) is 0. The summed E-state index contributed by atoms with van der Waals surface area (Å²) in [5, 5.41) is 8.78. The molecular formula is C13H21NO2. The van der Waals surface area contributed by atoms with Crippen molar-refractivity contribution in [3.05, 3.63) is 35.5 Å². The van der Waals surface area contributed by atoms with Crippen LogP contribution in [0.5, 0.6) is 0 Å². The molecule has 0 amide bonds. The maximum atomic E-state index is 10.7. The molecule has 0 aliphatic heterocycles. The fourth-order valence-electron chi connectivity index (χ4n) is 1.21. The smallest absolute Gasteiger partial charge is 0.320 e. The highest BCUT2D eigenvalue weighted by Gasteiger charge is 2.14. The van der Waals surface area contributed by atoms with E-state index in [0.29, 0.717) is 6.42 Å². The highest BCUT2D eigenvalue weighted by molar-refractivity contribution is 5.73. The first kappa shape index (κ1) is 14.6. The van der Waals surface area contributed by atoms with Gasteiger partial charge in [-0.05, 0) is 32.3 Å². The van der Waals surface area contributed by atoms with E-state index in [2.05, 4.69) is 6.58 Å². The van der Waals surface area contributed by atoms with Crippen LogP contribution in [0.25, 0.3) is 0 Å². The molecule has 1 atom stereocenters. The van der Waals surface area contributed by atoms with E-state index >= 15 is 0 Å². The van der Waals surface area contributed by atoms with Gasteiger partial charge in [0, 0.05) is 0 Å². The van der Waals surface area contributed by atoms with Crippen LogP contribution < -0.4 is 5.73 Å². The molecule has 0 aromatic carbocycles. The van der Waals surface area contributed by atoms with Crippen LogP contribution in [0.4, 0.5) is 0 Å². The van der Waals surface area contributed by atoms with Gasteiger partial charge in [0.15, 0.2) is 0 Å². The van der Waals surface area contributed by atoms with E-state index < -0.39 is 12.0 Å². The molecule has 0 radical (unpaired) electrons. The lowest BCUT2D eigenvalue weighted by Gasteiger charge is -2.12. The molecule has 0 rings (SSSR count). The second-order valence-corrected chi connectivity index (χ2v) is 3.81. The molecule has 16 heavy (non-hydrogen) atoms. The number of carboxylic acids is 1. The fraction of sp³-hybridized carbons (Fsp3) is 0.462. The molecule has 3 N–H and O–H groups in total. The quantitative estimate of drug-likeness (QED) is 0.680. The molecule has 3 nitrogen and oxygen atoms in total. The van der Waals surface area contributed by atoms with Crippen molar-refractivity contribution in [3.8, 4) is 0 Å². The first-order valence-electron chi connectivity index (χ1n) is 5.42. The molecule has 0 aromatic heterocycles. The summed E-state index contributed by atoms with van der Waals surface area (Å²) in [6, 6.07) is -0.862. The van der Waals surface area contributed by atoms with Crippen molar-refractivity contribution in [2.75, 3.05) is 0 Å². The number of carboxylic acid groups (broad SMARTS) is 1. The Kier molecular flexibility index (Phi) is 6.42. The monoisotopic (exact) mass is 223 g/mol. The average Bonchev–Trinajstić information content (AvgIpc) is 2.26. The Morgan fingerprint density at radius 3 is 2.50 bits per heavy atom. The normalized spacial score (nSPS) is 14.8. The first-order chi connectivity index (χ1) is 7.42. The summed E-state index contributed by atoms with van der Waals surface area (Å²) in [5.74, 6) is -0.979. The Morgan fingerprint density at radius 1 is 1.56 bits per heavy atom. The first-order valence-corrected chi connectivity index (χ1v) is 5.42. The van der Waals surface area contributed by atoms with Crippen LogP contribution in [0.1, 0.15) is 33.6 Å². The van der Waals surface area contributed by atoms with E-state index in [1.165, 1.54) is 0 Å². The summed E-state index contributed by atoms with van der Waals surface area (Å²) in [6.45, 7) is 9.83. The molecule has 90 valence electrons. The maximum absolute atomic E-state index is 10.7. The molecule has 0 heterocycles. The Hall–Kier alpha value is -1.35. The molecular weight excluding hydrogens is 202 g/mol. The topological polar surface area (TPSA) is 63.3 Å². The molecule has 3 heteroatoms. The standard InChI is InChI=1S/C13H21NO2/c1-5-9(3)7-11(10(4)6-2)8-12(14)13(15)16/h5,7,12H,4,6,8,14H2,1-3H3,(H,15,16)/b9-5-,11-7-. The molecule has 0 aromatic rings. The molecule has 0 saturated heterocycles. The van der Waals surface area contributed by atoms with E-state index in [0.717, 1.165) is 23.1 Å². The predicted octanol–water partition coefficient (Wildman–Crippen LogP) is 2.65. The third kappa shape index (κ3) is 4.94. The molecule has 0 saturated carbocycles. The number of hydrogen-bond donors (Lipinski definition) is 2. The van der Waals surface area contributed by atoms with Crippen LogP contribution in [0.2, 0.25) is 0 Å². The van der Waals surface area contributed by atoms with Crippen LogP contribution in [0.3, 0.4) is 0 Å². The second-order valence-electron chi connectivity index (χ2n) is 3.81. The Morgan fingerprint density at radius 2 is 2.12 bits per heavy atom. The van der Waals surface area contributed by atoms with Gasteiger partial charge in [-0.3, -0.25) is 4.79 Å². The Bertz CT molecular complexity index is 327. The molecule has 0 fully saturated rings. The maximum Gasteiger partial charge on any atom is 0.320 e. The van der Waals surface area contributed by atoms with Gasteiger partial charge in [-0.15, -0.1) is 0 Å². The average molecular weight is 223 g/mol. The summed E-state index contributed by atoms with van der Waals surface area (Å²) in [4.78, 5) is 10.7. The SMILES string of the molecule is C=C(CC)/C(=C\C(C)=C/C)CC(N)C(=O)O. The second kappa shape index (κ2) is 7.01. The van der Waals surface area contributed by atoms with Gasteiger partial charge in [-0.25, -0.2) is 0 Å². The Labute approximate surface area is 97.3 Å². The van der Waals surface area contributed by atoms with E-state index in [4.69, 9.17) is 10.8 Å². The van der Waals surface area contributed by atoms with Gasteiger partial charge in [0.25, 0.3) is 0 Å². The van der Waals surface area contributed by atoms with Gasteiger partial charge in [-0.1, -0.05) is 36.8 Å². The minimum absolute atomic E-state index is 0.327. The summed E-state index contributed by atoms with van der Waals surface area (Å²) in [6.07, 6.45) is 5.05. The lowest BCUT2D eigenvalue weighted by atomic mass is 9.96. The largest absolute Gasteiger partial charge is 0.480 e. The zero-order valence-corrected chi connectivity index (χ0v) is 10.3. The van der Waals surface area contributed by atoms with Gasteiger partial charge >= 0.3 is 5.97 Å². The van der Waals surface area contributed by atoms with E-state index in [9.17, 15) is 4.79 Å². The number of aliphatic carboxylic acids is 1. The fourth-order valence-corrected chi connectivity index (χ4v) is 1.21. The van der Waals surface area contributed by atoms with Crippen molar-refractivity contribution in [2.45, 2.75) is 39.7 Å². The zero-order chi connectivity index (χ0) is 12.7. The highest BCUT2D eigenvalue weighted by atomic mass is 16.4.